The van der Waals surface area contributed by atoms with E-state index in [-0.39, 0.29) is 5.91 Å². The molecule has 1 amide bonds. The number of carbonyl (C=O) groups is 2. The minimum absolute atomic E-state index is 0.346. The zero-order chi connectivity index (χ0) is 14.4. The molecule has 0 unspecified atom stereocenters. The lowest BCUT2D eigenvalue weighted by Gasteiger charge is -2.08. The number of carbonyl (C=O) groups excluding carboxylic acids is 1. The first-order valence-corrected chi connectivity index (χ1v) is 6.49. The second-order valence-corrected chi connectivity index (χ2v) is 6.07. The van der Waals surface area contributed by atoms with Gasteiger partial charge in [-0.1, -0.05) is 37.0 Å². The van der Waals surface area contributed by atoms with Crippen LogP contribution in [0.15, 0.2) is 18.2 Å². The largest absolute Gasteiger partial charge is 0.481 e. The lowest BCUT2D eigenvalue weighted by atomic mass is 10.1. The maximum absolute atomic E-state index is 12.1. The Hall–Kier alpha value is -1.26. The molecule has 102 valence electrons. The van der Waals surface area contributed by atoms with E-state index in [0.717, 1.165) is 0 Å². The van der Waals surface area contributed by atoms with Crippen LogP contribution in [0.2, 0.25) is 10.0 Å². The van der Waals surface area contributed by atoms with Gasteiger partial charge in [-0.3, -0.25) is 9.59 Å². The fourth-order valence-electron chi connectivity index (χ4n) is 2.39. The van der Waals surface area contributed by atoms with E-state index in [1.54, 1.807) is 26.0 Å². The van der Waals surface area contributed by atoms with E-state index in [0.29, 0.717) is 15.7 Å². The van der Waals surface area contributed by atoms with Crippen LogP contribution in [0.25, 0.3) is 0 Å². The smallest absolute Gasteiger partial charge is 0.307 e. The molecule has 1 saturated carbocycles. The number of carboxylic acids is 1. The van der Waals surface area contributed by atoms with Crippen molar-refractivity contribution in [3.63, 3.8) is 0 Å². The van der Waals surface area contributed by atoms with Gasteiger partial charge in [0, 0.05) is 5.02 Å². The van der Waals surface area contributed by atoms with Crippen LogP contribution in [0.3, 0.4) is 0 Å². The predicted octanol–water partition coefficient (Wildman–Crippen LogP) is 3.29. The molecule has 2 rings (SSSR count). The van der Waals surface area contributed by atoms with E-state index in [4.69, 9.17) is 28.3 Å². The quantitative estimate of drug-likeness (QED) is 0.900. The van der Waals surface area contributed by atoms with Gasteiger partial charge in [0.2, 0.25) is 5.91 Å². The summed E-state index contributed by atoms with van der Waals surface area (Å²) < 4.78 is 0. The van der Waals surface area contributed by atoms with Crippen molar-refractivity contribution >= 4 is 40.8 Å². The van der Waals surface area contributed by atoms with Crippen LogP contribution < -0.4 is 5.32 Å². The minimum atomic E-state index is -0.956. The third-order valence-electron chi connectivity index (χ3n) is 3.56. The highest BCUT2D eigenvalue weighted by molar-refractivity contribution is 6.35. The summed E-state index contributed by atoms with van der Waals surface area (Å²) in [5.41, 5.74) is -0.146. The number of benzene rings is 1. The molecular formula is C13H13Cl2NO3. The highest BCUT2D eigenvalue weighted by Gasteiger charge is 2.65. The molecule has 19 heavy (non-hydrogen) atoms. The zero-order valence-corrected chi connectivity index (χ0v) is 11.9. The van der Waals surface area contributed by atoms with Crippen molar-refractivity contribution in [1.82, 2.24) is 0 Å². The summed E-state index contributed by atoms with van der Waals surface area (Å²) in [6.45, 7) is 3.52. The Morgan fingerprint density at radius 3 is 2.42 bits per heavy atom. The van der Waals surface area contributed by atoms with E-state index in [1.807, 2.05) is 0 Å². The Kier molecular flexibility index (Phi) is 3.49. The second-order valence-electron chi connectivity index (χ2n) is 5.23. The van der Waals surface area contributed by atoms with Crippen LogP contribution in [-0.2, 0) is 9.59 Å². The highest BCUT2D eigenvalue weighted by atomic mass is 35.5. The van der Waals surface area contributed by atoms with Gasteiger partial charge in [-0.25, -0.2) is 0 Å². The molecule has 0 saturated heterocycles. The van der Waals surface area contributed by atoms with Gasteiger partial charge < -0.3 is 10.4 Å². The van der Waals surface area contributed by atoms with E-state index in [9.17, 15) is 9.59 Å². The molecule has 0 aromatic heterocycles. The van der Waals surface area contributed by atoms with Crippen LogP contribution in [0.5, 0.6) is 0 Å². The van der Waals surface area contributed by atoms with Crippen molar-refractivity contribution in [2.24, 2.45) is 17.3 Å². The molecule has 0 heterocycles. The minimum Gasteiger partial charge on any atom is -0.481 e. The van der Waals surface area contributed by atoms with Crippen LogP contribution in [0.4, 0.5) is 5.69 Å². The number of hydrogen-bond acceptors (Lipinski definition) is 2. The lowest BCUT2D eigenvalue weighted by molar-refractivity contribution is -0.140. The molecule has 1 fully saturated rings. The third kappa shape index (κ3) is 2.55. The predicted molar refractivity (Wildman–Crippen MR) is 73.5 cm³/mol. The number of rotatable bonds is 3. The first-order chi connectivity index (χ1) is 8.75. The number of hydrogen-bond donors (Lipinski definition) is 2. The van der Waals surface area contributed by atoms with Gasteiger partial charge in [0.25, 0.3) is 0 Å². The molecule has 6 heteroatoms. The van der Waals surface area contributed by atoms with E-state index in [1.165, 1.54) is 6.07 Å². The molecule has 2 N–H and O–H groups in total. The average molecular weight is 302 g/mol. The fourth-order valence-corrected chi connectivity index (χ4v) is 2.73. The van der Waals surface area contributed by atoms with Gasteiger partial charge in [0.15, 0.2) is 0 Å². The normalized spacial score (nSPS) is 23.8. The molecule has 0 aliphatic heterocycles. The Morgan fingerprint density at radius 1 is 1.26 bits per heavy atom. The summed E-state index contributed by atoms with van der Waals surface area (Å²) in [6, 6.07) is 4.72. The number of aliphatic carboxylic acids is 1. The molecule has 1 aromatic carbocycles. The number of amides is 1. The molecule has 0 spiro atoms. The van der Waals surface area contributed by atoms with E-state index in [2.05, 4.69) is 5.32 Å². The first kappa shape index (κ1) is 14.2. The first-order valence-electron chi connectivity index (χ1n) is 5.74. The second kappa shape index (κ2) is 4.69. The zero-order valence-electron chi connectivity index (χ0n) is 10.4. The standard InChI is InChI=1S/C13H13Cl2NO3/c1-13(2)9(10(13)12(18)19)11(17)16-8-5-6(14)3-4-7(8)15/h3-5,9-10H,1-2H3,(H,16,17)(H,18,19)/t9-,10+/m1/s1. The molecule has 2 atom stereocenters. The van der Waals surface area contributed by atoms with Gasteiger partial charge in [-0.15, -0.1) is 0 Å². The number of nitrogens with one attached hydrogen (secondary N) is 1. The van der Waals surface area contributed by atoms with Crippen molar-refractivity contribution in [1.29, 1.82) is 0 Å². The van der Waals surface area contributed by atoms with Crippen molar-refractivity contribution < 1.29 is 14.7 Å². The Labute approximate surface area is 120 Å². The molecule has 0 radical (unpaired) electrons. The summed E-state index contributed by atoms with van der Waals surface area (Å²) in [5.74, 6) is -2.52. The maximum Gasteiger partial charge on any atom is 0.307 e. The van der Waals surface area contributed by atoms with Crippen molar-refractivity contribution in [2.45, 2.75) is 13.8 Å². The van der Waals surface area contributed by atoms with Crippen molar-refractivity contribution in [3.05, 3.63) is 28.2 Å². The molecule has 1 aromatic rings. The summed E-state index contributed by atoms with van der Waals surface area (Å²) in [6.07, 6.45) is 0. The van der Waals surface area contributed by atoms with E-state index < -0.39 is 23.2 Å². The topological polar surface area (TPSA) is 66.4 Å². The van der Waals surface area contributed by atoms with Crippen LogP contribution in [0.1, 0.15) is 13.8 Å². The van der Waals surface area contributed by atoms with Gasteiger partial charge >= 0.3 is 5.97 Å². The number of anilines is 1. The SMILES string of the molecule is CC1(C)[C@H](C(=O)O)[C@@H]1C(=O)Nc1cc(Cl)ccc1Cl. The van der Waals surface area contributed by atoms with Gasteiger partial charge in [0.05, 0.1) is 22.5 Å². The van der Waals surface area contributed by atoms with Gasteiger partial charge in [-0.2, -0.15) is 0 Å². The van der Waals surface area contributed by atoms with E-state index >= 15 is 0 Å². The van der Waals surface area contributed by atoms with Crippen LogP contribution in [0, 0.1) is 17.3 Å². The summed E-state index contributed by atoms with van der Waals surface area (Å²) >= 11 is 11.8. The lowest BCUT2D eigenvalue weighted by Crippen LogP contribution is -2.18. The molecule has 0 bridgehead atoms. The average Bonchev–Trinajstić information content (AvgIpc) is 2.87. The van der Waals surface area contributed by atoms with Crippen LogP contribution >= 0.6 is 23.2 Å². The number of carboxylic acid groups (broad SMARTS) is 1. The Bertz CT molecular complexity index is 557. The third-order valence-corrected chi connectivity index (χ3v) is 4.13. The van der Waals surface area contributed by atoms with Crippen LogP contribution in [-0.4, -0.2) is 17.0 Å². The molecule has 1 aliphatic rings. The van der Waals surface area contributed by atoms with Crippen molar-refractivity contribution in [2.75, 3.05) is 5.32 Å². The van der Waals surface area contributed by atoms with Crippen molar-refractivity contribution in [3.8, 4) is 0 Å². The number of halogens is 2. The Balaban J connectivity index is 2.15. The molecule has 4 nitrogen and oxygen atoms in total. The summed E-state index contributed by atoms with van der Waals surface area (Å²) in [7, 11) is 0. The molecule has 1 aliphatic carbocycles. The summed E-state index contributed by atoms with van der Waals surface area (Å²) in [5, 5.41) is 12.5. The summed E-state index contributed by atoms with van der Waals surface area (Å²) in [4.78, 5) is 23.1. The van der Waals surface area contributed by atoms with Gasteiger partial charge in [-0.05, 0) is 23.6 Å². The fraction of sp³-hybridized carbons (Fsp3) is 0.385. The maximum atomic E-state index is 12.1. The van der Waals surface area contributed by atoms with Gasteiger partial charge in [0.1, 0.15) is 0 Å². The monoisotopic (exact) mass is 301 g/mol. The highest BCUT2D eigenvalue weighted by Crippen LogP contribution is 2.58. The molecular weight excluding hydrogens is 289 g/mol. The Morgan fingerprint density at radius 2 is 1.89 bits per heavy atom.